The Balaban J connectivity index is 1.68. The van der Waals surface area contributed by atoms with Crippen molar-refractivity contribution in [3.05, 3.63) is 94.8 Å². The second kappa shape index (κ2) is 9.09. The number of methoxy groups -OCH3 is 1. The number of carbonyl (C=O) groups is 1. The summed E-state index contributed by atoms with van der Waals surface area (Å²) in [6, 6.07) is 13.1. The maximum Gasteiger partial charge on any atom is 0.258 e. The van der Waals surface area contributed by atoms with Gasteiger partial charge >= 0.3 is 0 Å². The van der Waals surface area contributed by atoms with Gasteiger partial charge in [-0.15, -0.1) is 0 Å². The lowest BCUT2D eigenvalue weighted by molar-refractivity contribution is 0.0624. The van der Waals surface area contributed by atoms with E-state index in [1.165, 1.54) is 19.2 Å². The average Bonchev–Trinajstić information content (AvgIpc) is 2.86. The largest absolute Gasteiger partial charge is 0.481 e. The van der Waals surface area contributed by atoms with E-state index in [0.717, 1.165) is 11.1 Å². The van der Waals surface area contributed by atoms with Gasteiger partial charge in [0.2, 0.25) is 11.8 Å². The molecule has 4 aromatic rings. The number of aromatic nitrogens is 4. The number of nitrogens with two attached hydrogens (primary N) is 1. The third-order valence-electron chi connectivity index (χ3n) is 6.11. The van der Waals surface area contributed by atoms with Gasteiger partial charge in [-0.1, -0.05) is 12.1 Å². The number of halogens is 1. The molecule has 0 spiro atoms. The highest BCUT2D eigenvalue weighted by atomic mass is 19.1. The minimum absolute atomic E-state index is 0.115. The minimum atomic E-state index is -0.444. The van der Waals surface area contributed by atoms with Gasteiger partial charge in [-0.05, 0) is 48.4 Å². The zero-order valence-electron chi connectivity index (χ0n) is 19.3. The van der Waals surface area contributed by atoms with Crippen molar-refractivity contribution >= 4 is 11.9 Å². The lowest BCUT2D eigenvalue weighted by Gasteiger charge is -2.38. The summed E-state index contributed by atoms with van der Waals surface area (Å²) >= 11 is 0. The monoisotopic (exact) mass is 470 g/mol. The highest BCUT2D eigenvalue weighted by molar-refractivity contribution is 5.98. The SMILES string of the molecule is COc1cccc(-c2cc(F)ccc2C2Cc3nc(N)nc(C)c3C(=O)N2Cc2ccncc2)n1. The number of nitrogens with zero attached hydrogens (tertiary/aromatic N) is 5. The number of hydrogen-bond donors (Lipinski definition) is 1. The van der Waals surface area contributed by atoms with E-state index in [4.69, 9.17) is 10.5 Å². The zero-order chi connectivity index (χ0) is 24.5. The molecule has 1 aliphatic rings. The summed E-state index contributed by atoms with van der Waals surface area (Å²) in [4.78, 5) is 32.8. The van der Waals surface area contributed by atoms with Crippen molar-refractivity contribution in [2.75, 3.05) is 12.8 Å². The number of pyridine rings is 2. The summed E-state index contributed by atoms with van der Waals surface area (Å²) < 4.78 is 19.7. The molecule has 0 bridgehead atoms. The van der Waals surface area contributed by atoms with Gasteiger partial charge in [-0.2, -0.15) is 0 Å². The molecule has 1 aromatic carbocycles. The van der Waals surface area contributed by atoms with Crippen LogP contribution in [0.15, 0.2) is 60.9 Å². The van der Waals surface area contributed by atoms with Crippen molar-refractivity contribution < 1.29 is 13.9 Å². The summed E-state index contributed by atoms with van der Waals surface area (Å²) in [5.74, 6) is -0.0878. The summed E-state index contributed by atoms with van der Waals surface area (Å²) in [5.41, 5.74) is 10.2. The quantitative estimate of drug-likeness (QED) is 0.471. The molecule has 1 atom stereocenters. The maximum absolute atomic E-state index is 14.5. The van der Waals surface area contributed by atoms with Gasteiger partial charge in [0.15, 0.2) is 0 Å². The zero-order valence-corrected chi connectivity index (χ0v) is 19.3. The van der Waals surface area contributed by atoms with Crippen LogP contribution in [0.1, 0.15) is 38.9 Å². The number of nitrogen functional groups attached to an aromatic ring is 1. The molecule has 2 N–H and O–H groups in total. The maximum atomic E-state index is 14.5. The van der Waals surface area contributed by atoms with Gasteiger partial charge in [-0.3, -0.25) is 9.78 Å². The van der Waals surface area contributed by atoms with E-state index in [1.54, 1.807) is 48.5 Å². The van der Waals surface area contributed by atoms with E-state index in [0.29, 0.717) is 47.1 Å². The smallest absolute Gasteiger partial charge is 0.258 e. The Morgan fingerprint density at radius 3 is 2.69 bits per heavy atom. The third-order valence-corrected chi connectivity index (χ3v) is 6.11. The number of aryl methyl sites for hydroxylation is 1. The highest BCUT2D eigenvalue weighted by Crippen LogP contribution is 2.39. The number of rotatable bonds is 5. The van der Waals surface area contributed by atoms with Crippen molar-refractivity contribution in [2.45, 2.75) is 25.9 Å². The van der Waals surface area contributed by atoms with Crippen molar-refractivity contribution in [1.82, 2.24) is 24.8 Å². The van der Waals surface area contributed by atoms with E-state index < -0.39 is 11.9 Å². The van der Waals surface area contributed by atoms with Gasteiger partial charge in [0.05, 0.1) is 35.8 Å². The number of amides is 1. The van der Waals surface area contributed by atoms with Crippen LogP contribution in [0.2, 0.25) is 0 Å². The molecule has 35 heavy (non-hydrogen) atoms. The van der Waals surface area contributed by atoms with Gasteiger partial charge in [0.1, 0.15) is 5.82 Å². The van der Waals surface area contributed by atoms with E-state index in [2.05, 4.69) is 19.9 Å². The van der Waals surface area contributed by atoms with Crippen LogP contribution in [0.5, 0.6) is 5.88 Å². The molecule has 5 rings (SSSR count). The van der Waals surface area contributed by atoms with Crippen molar-refractivity contribution in [3.8, 4) is 17.1 Å². The fourth-order valence-corrected chi connectivity index (χ4v) is 4.52. The predicted molar refractivity (Wildman–Crippen MR) is 128 cm³/mol. The summed E-state index contributed by atoms with van der Waals surface area (Å²) in [5, 5.41) is 0. The Morgan fingerprint density at radius 1 is 1.11 bits per heavy atom. The summed E-state index contributed by atoms with van der Waals surface area (Å²) in [6.45, 7) is 2.08. The van der Waals surface area contributed by atoms with E-state index in [9.17, 15) is 9.18 Å². The molecule has 0 fully saturated rings. The van der Waals surface area contributed by atoms with Crippen LogP contribution in [0.25, 0.3) is 11.3 Å². The Kier molecular flexibility index (Phi) is 5.82. The summed E-state index contributed by atoms with van der Waals surface area (Å²) in [7, 11) is 1.53. The molecule has 0 saturated heterocycles. The Morgan fingerprint density at radius 2 is 1.91 bits per heavy atom. The second-order valence-electron chi connectivity index (χ2n) is 8.29. The molecule has 3 aromatic heterocycles. The van der Waals surface area contributed by atoms with Crippen molar-refractivity contribution in [2.24, 2.45) is 0 Å². The van der Waals surface area contributed by atoms with Crippen LogP contribution in [-0.4, -0.2) is 37.9 Å². The number of fused-ring (bicyclic) bond motifs is 1. The van der Waals surface area contributed by atoms with Crippen molar-refractivity contribution in [1.29, 1.82) is 0 Å². The molecular formula is C26H23FN6O2. The first-order chi connectivity index (χ1) is 16.9. The van der Waals surface area contributed by atoms with Gasteiger partial charge in [0.25, 0.3) is 5.91 Å². The Labute approximate surface area is 201 Å². The molecule has 4 heterocycles. The van der Waals surface area contributed by atoms with Gasteiger partial charge in [-0.25, -0.2) is 19.3 Å². The molecule has 1 aliphatic heterocycles. The fraction of sp³-hybridized carbons (Fsp3) is 0.192. The molecule has 8 nitrogen and oxygen atoms in total. The average molecular weight is 471 g/mol. The highest BCUT2D eigenvalue weighted by Gasteiger charge is 2.37. The van der Waals surface area contributed by atoms with E-state index in [1.807, 2.05) is 12.1 Å². The second-order valence-corrected chi connectivity index (χ2v) is 8.29. The van der Waals surface area contributed by atoms with Crippen LogP contribution < -0.4 is 10.5 Å². The van der Waals surface area contributed by atoms with Crippen LogP contribution in [-0.2, 0) is 13.0 Å². The molecular weight excluding hydrogens is 447 g/mol. The molecule has 0 aliphatic carbocycles. The van der Waals surface area contributed by atoms with Crippen molar-refractivity contribution in [3.63, 3.8) is 0 Å². The first kappa shape index (κ1) is 22.4. The molecule has 176 valence electrons. The molecule has 9 heteroatoms. The summed E-state index contributed by atoms with van der Waals surface area (Å²) in [6.07, 6.45) is 3.76. The third kappa shape index (κ3) is 4.28. The number of ether oxygens (including phenoxy) is 1. The normalized spacial score (nSPS) is 15.1. The van der Waals surface area contributed by atoms with E-state index >= 15 is 0 Å². The fourth-order valence-electron chi connectivity index (χ4n) is 4.52. The first-order valence-electron chi connectivity index (χ1n) is 11.1. The number of benzene rings is 1. The number of hydrogen-bond acceptors (Lipinski definition) is 7. The minimum Gasteiger partial charge on any atom is -0.481 e. The Bertz CT molecular complexity index is 1410. The van der Waals surface area contributed by atoms with Gasteiger partial charge < -0.3 is 15.4 Å². The predicted octanol–water partition coefficient (Wildman–Crippen LogP) is 3.91. The number of carbonyl (C=O) groups excluding carboxylic acids is 1. The lowest BCUT2D eigenvalue weighted by atomic mass is 9.88. The molecule has 0 radical (unpaired) electrons. The van der Waals surface area contributed by atoms with Crippen LogP contribution in [0.4, 0.5) is 10.3 Å². The standard InChI is InChI=1S/C26H23FN6O2/c1-15-24-21(32-26(28)30-15)13-22(33(25(24)34)14-16-8-10-29-11-9-16)18-7-6-17(27)12-19(18)20-4-3-5-23(31-20)35-2/h3-12,22H,13-14H2,1-2H3,(H2,28,30,32). The van der Waals surface area contributed by atoms with Crippen LogP contribution >= 0.6 is 0 Å². The Hall–Kier alpha value is -4.40. The lowest BCUT2D eigenvalue weighted by Crippen LogP contribution is -2.41. The number of anilines is 1. The van der Waals surface area contributed by atoms with Crippen LogP contribution in [0, 0.1) is 12.7 Å². The van der Waals surface area contributed by atoms with Gasteiger partial charge in [0, 0.05) is 37.0 Å². The molecule has 1 unspecified atom stereocenters. The topological polar surface area (TPSA) is 107 Å². The first-order valence-corrected chi connectivity index (χ1v) is 11.1. The molecule has 1 amide bonds. The van der Waals surface area contributed by atoms with Crippen LogP contribution in [0.3, 0.4) is 0 Å². The molecule has 0 saturated carbocycles. The van der Waals surface area contributed by atoms with E-state index in [-0.39, 0.29) is 11.9 Å².